The molecule has 3 heterocycles. The van der Waals surface area contributed by atoms with Gasteiger partial charge < -0.3 is 4.74 Å². The highest BCUT2D eigenvalue weighted by Gasteiger charge is 2.10. The molecule has 4 rings (SSSR count). The van der Waals surface area contributed by atoms with Crippen LogP contribution in [-0.4, -0.2) is 47.8 Å². The number of amides is 1. The zero-order chi connectivity index (χ0) is 18.8. The largest absolute Gasteiger partial charge is 0.496 e. The number of rotatable bonds is 5. The van der Waals surface area contributed by atoms with E-state index in [1.54, 1.807) is 11.6 Å². The number of carbonyl (C=O) groups is 1. The summed E-state index contributed by atoms with van der Waals surface area (Å²) in [6, 6.07) is 9.78. The van der Waals surface area contributed by atoms with Crippen LogP contribution in [0.25, 0.3) is 16.8 Å². The normalized spacial score (nSPS) is 10.9. The Hall–Kier alpha value is -3.82. The van der Waals surface area contributed by atoms with Gasteiger partial charge in [0.15, 0.2) is 5.65 Å². The molecule has 1 N–H and O–H groups in total. The SMILES string of the molecule is COc1cc(-c2ccc3nc(NC(=O)Cn4cnnn4)nn3c2)ccc1C. The van der Waals surface area contributed by atoms with Crippen LogP contribution in [0.1, 0.15) is 5.56 Å². The maximum absolute atomic E-state index is 12.0. The molecule has 3 aromatic heterocycles. The third kappa shape index (κ3) is 3.45. The summed E-state index contributed by atoms with van der Waals surface area (Å²) >= 11 is 0. The van der Waals surface area contributed by atoms with Crippen molar-refractivity contribution in [3.63, 3.8) is 0 Å². The van der Waals surface area contributed by atoms with Gasteiger partial charge in [0.05, 0.1) is 7.11 Å². The lowest BCUT2D eigenvalue weighted by Crippen LogP contribution is -2.19. The van der Waals surface area contributed by atoms with Crippen LogP contribution in [-0.2, 0) is 11.3 Å². The maximum atomic E-state index is 12.0. The number of carbonyl (C=O) groups excluding carboxylic acids is 1. The van der Waals surface area contributed by atoms with E-state index in [0.717, 1.165) is 22.4 Å². The minimum atomic E-state index is -0.318. The van der Waals surface area contributed by atoms with E-state index in [2.05, 4.69) is 30.9 Å². The predicted molar refractivity (Wildman–Crippen MR) is 96.2 cm³/mol. The number of tetrazole rings is 1. The number of nitrogens with one attached hydrogen (secondary N) is 1. The van der Waals surface area contributed by atoms with Gasteiger partial charge in [-0.15, -0.1) is 10.2 Å². The number of fused-ring (bicyclic) bond motifs is 1. The first-order chi connectivity index (χ1) is 13.1. The minimum Gasteiger partial charge on any atom is -0.496 e. The van der Waals surface area contributed by atoms with E-state index in [-0.39, 0.29) is 18.4 Å². The predicted octanol–water partition coefficient (Wildman–Crippen LogP) is 1.34. The number of anilines is 1. The van der Waals surface area contributed by atoms with Crippen molar-refractivity contribution in [1.82, 2.24) is 34.8 Å². The highest BCUT2D eigenvalue weighted by molar-refractivity contribution is 5.88. The lowest BCUT2D eigenvalue weighted by Gasteiger charge is -2.08. The molecule has 0 unspecified atom stereocenters. The summed E-state index contributed by atoms with van der Waals surface area (Å²) in [4.78, 5) is 16.3. The van der Waals surface area contributed by atoms with E-state index in [9.17, 15) is 4.79 Å². The van der Waals surface area contributed by atoms with Gasteiger partial charge in [-0.2, -0.15) is 4.98 Å². The molecule has 136 valence electrons. The van der Waals surface area contributed by atoms with Crippen LogP contribution in [0.2, 0.25) is 0 Å². The molecule has 0 aliphatic carbocycles. The fourth-order valence-corrected chi connectivity index (χ4v) is 2.67. The van der Waals surface area contributed by atoms with Gasteiger partial charge in [0.25, 0.3) is 0 Å². The van der Waals surface area contributed by atoms with Crippen molar-refractivity contribution in [3.8, 4) is 16.9 Å². The van der Waals surface area contributed by atoms with Crippen LogP contribution in [0.5, 0.6) is 5.75 Å². The molecule has 1 aromatic carbocycles. The van der Waals surface area contributed by atoms with E-state index < -0.39 is 0 Å². The lowest BCUT2D eigenvalue weighted by molar-refractivity contribution is -0.117. The number of nitrogens with zero attached hydrogens (tertiary/aromatic N) is 7. The quantitative estimate of drug-likeness (QED) is 0.568. The van der Waals surface area contributed by atoms with Crippen molar-refractivity contribution in [2.24, 2.45) is 0 Å². The van der Waals surface area contributed by atoms with E-state index in [0.29, 0.717) is 5.65 Å². The Bertz CT molecular complexity index is 1100. The van der Waals surface area contributed by atoms with E-state index in [1.807, 2.05) is 43.5 Å². The number of methoxy groups -OCH3 is 1. The number of aryl methyl sites for hydroxylation is 1. The van der Waals surface area contributed by atoms with Crippen LogP contribution in [0, 0.1) is 6.92 Å². The van der Waals surface area contributed by atoms with E-state index >= 15 is 0 Å². The van der Waals surface area contributed by atoms with E-state index in [1.165, 1.54) is 11.0 Å². The topological polar surface area (TPSA) is 112 Å². The lowest BCUT2D eigenvalue weighted by atomic mass is 10.1. The van der Waals surface area contributed by atoms with Gasteiger partial charge in [0, 0.05) is 11.8 Å². The van der Waals surface area contributed by atoms with Crippen molar-refractivity contribution in [2.45, 2.75) is 13.5 Å². The first-order valence-electron chi connectivity index (χ1n) is 8.14. The summed E-state index contributed by atoms with van der Waals surface area (Å²) in [5, 5.41) is 17.6. The Balaban J connectivity index is 1.57. The molecule has 0 atom stereocenters. The zero-order valence-corrected chi connectivity index (χ0v) is 14.7. The number of hydrogen-bond acceptors (Lipinski definition) is 7. The molecule has 0 saturated heterocycles. The molecule has 4 aromatic rings. The van der Waals surface area contributed by atoms with Gasteiger partial charge in [-0.1, -0.05) is 12.1 Å². The standard InChI is InChI=1S/C17H16N8O2/c1-11-3-4-12(7-14(11)27-2)13-5-6-15-19-17(21-25(15)8-13)20-16(26)9-24-10-18-22-23-24/h3-8,10H,9H2,1-2H3,(H,20,21,26). The Morgan fingerprint density at radius 1 is 1.22 bits per heavy atom. The molecule has 0 spiro atoms. The summed E-state index contributed by atoms with van der Waals surface area (Å²) in [7, 11) is 1.65. The Morgan fingerprint density at radius 2 is 2.07 bits per heavy atom. The van der Waals surface area contributed by atoms with Crippen molar-refractivity contribution >= 4 is 17.5 Å². The van der Waals surface area contributed by atoms with Gasteiger partial charge >= 0.3 is 0 Å². The monoisotopic (exact) mass is 364 g/mol. The van der Waals surface area contributed by atoms with Crippen molar-refractivity contribution in [3.05, 3.63) is 48.4 Å². The van der Waals surface area contributed by atoms with Crippen LogP contribution in [0.15, 0.2) is 42.9 Å². The molecule has 27 heavy (non-hydrogen) atoms. The van der Waals surface area contributed by atoms with Gasteiger partial charge in [-0.25, -0.2) is 9.20 Å². The van der Waals surface area contributed by atoms with Gasteiger partial charge in [0.1, 0.15) is 18.6 Å². The summed E-state index contributed by atoms with van der Waals surface area (Å²) in [5.74, 6) is 0.718. The molecule has 0 fully saturated rings. The summed E-state index contributed by atoms with van der Waals surface area (Å²) in [5.41, 5.74) is 3.64. The van der Waals surface area contributed by atoms with E-state index in [4.69, 9.17) is 4.74 Å². The summed E-state index contributed by atoms with van der Waals surface area (Å²) < 4.78 is 8.32. The first-order valence-corrected chi connectivity index (χ1v) is 8.14. The number of benzene rings is 1. The minimum absolute atomic E-state index is 0.0169. The van der Waals surface area contributed by atoms with Gasteiger partial charge in [-0.05, 0) is 46.7 Å². The van der Waals surface area contributed by atoms with Crippen LogP contribution in [0.4, 0.5) is 5.95 Å². The molecule has 0 bridgehead atoms. The number of pyridine rings is 1. The molecule has 10 heteroatoms. The maximum Gasteiger partial charge on any atom is 0.249 e. The van der Waals surface area contributed by atoms with Gasteiger partial charge in [-0.3, -0.25) is 10.1 Å². The highest BCUT2D eigenvalue weighted by atomic mass is 16.5. The van der Waals surface area contributed by atoms with Crippen molar-refractivity contribution in [2.75, 3.05) is 12.4 Å². The van der Waals surface area contributed by atoms with Crippen LogP contribution < -0.4 is 10.1 Å². The zero-order valence-electron chi connectivity index (χ0n) is 14.7. The summed E-state index contributed by atoms with van der Waals surface area (Å²) in [6.45, 7) is 1.98. The first kappa shape index (κ1) is 16.6. The average molecular weight is 364 g/mol. The van der Waals surface area contributed by atoms with Gasteiger partial charge in [0.2, 0.25) is 11.9 Å². The van der Waals surface area contributed by atoms with Crippen molar-refractivity contribution in [1.29, 1.82) is 0 Å². The number of ether oxygens (including phenoxy) is 1. The van der Waals surface area contributed by atoms with Crippen LogP contribution >= 0.6 is 0 Å². The summed E-state index contributed by atoms with van der Waals surface area (Å²) in [6.07, 6.45) is 3.21. The number of aromatic nitrogens is 7. The fraction of sp³-hybridized carbons (Fsp3) is 0.176. The van der Waals surface area contributed by atoms with Crippen LogP contribution in [0.3, 0.4) is 0 Å². The average Bonchev–Trinajstić information content (AvgIpc) is 3.30. The van der Waals surface area contributed by atoms with Crippen molar-refractivity contribution < 1.29 is 9.53 Å². The molecule has 1 amide bonds. The number of hydrogen-bond donors (Lipinski definition) is 1. The third-order valence-electron chi connectivity index (χ3n) is 4.02. The molecule has 0 radical (unpaired) electrons. The molecule has 0 aliphatic heterocycles. The Morgan fingerprint density at radius 3 is 2.85 bits per heavy atom. The Kier molecular flexibility index (Phi) is 4.21. The third-order valence-corrected chi connectivity index (χ3v) is 4.02. The Labute approximate surface area is 153 Å². The fourth-order valence-electron chi connectivity index (χ4n) is 2.67. The molecular weight excluding hydrogens is 348 g/mol. The second kappa shape index (κ2) is 6.83. The smallest absolute Gasteiger partial charge is 0.249 e. The molecule has 0 saturated carbocycles. The highest BCUT2D eigenvalue weighted by Crippen LogP contribution is 2.27. The second-order valence-corrected chi connectivity index (χ2v) is 5.90. The second-order valence-electron chi connectivity index (χ2n) is 5.90. The molecular formula is C17H16N8O2. The molecule has 0 aliphatic rings. The molecule has 10 nitrogen and oxygen atoms in total.